The molecule has 0 radical (unpaired) electrons. The standard InChI is InChI=1S/C18H20ClNO/c1-12-6-5-7-15(19)16(12)20-17(21)13-8-10-14(11-9-13)18(2,3)4/h5-11H,1-4H3,(H,20,21). The molecule has 1 N–H and O–H groups in total. The molecule has 0 heterocycles. The van der Waals surface area contributed by atoms with E-state index in [1.165, 1.54) is 5.56 Å². The Labute approximate surface area is 131 Å². The van der Waals surface area contributed by atoms with Gasteiger partial charge in [-0.25, -0.2) is 0 Å². The molecular weight excluding hydrogens is 282 g/mol. The quantitative estimate of drug-likeness (QED) is 0.811. The van der Waals surface area contributed by atoms with E-state index < -0.39 is 0 Å². The summed E-state index contributed by atoms with van der Waals surface area (Å²) in [5, 5.41) is 3.43. The molecule has 0 fully saturated rings. The van der Waals surface area contributed by atoms with E-state index in [0.29, 0.717) is 16.3 Å². The number of para-hydroxylation sites is 1. The molecule has 3 heteroatoms. The van der Waals surface area contributed by atoms with E-state index in [2.05, 4.69) is 26.1 Å². The van der Waals surface area contributed by atoms with Gasteiger partial charge in [0.25, 0.3) is 5.91 Å². The van der Waals surface area contributed by atoms with Crippen LogP contribution >= 0.6 is 11.6 Å². The van der Waals surface area contributed by atoms with E-state index in [9.17, 15) is 4.79 Å². The molecule has 0 unspecified atom stereocenters. The molecule has 110 valence electrons. The van der Waals surface area contributed by atoms with Crippen molar-refractivity contribution in [3.63, 3.8) is 0 Å². The van der Waals surface area contributed by atoms with Crippen LogP contribution in [-0.2, 0) is 5.41 Å². The summed E-state index contributed by atoms with van der Waals surface area (Å²) >= 11 is 6.13. The van der Waals surface area contributed by atoms with Crippen LogP contribution in [0.2, 0.25) is 5.02 Å². The van der Waals surface area contributed by atoms with Gasteiger partial charge in [-0.2, -0.15) is 0 Å². The number of halogens is 1. The number of hydrogen-bond acceptors (Lipinski definition) is 1. The van der Waals surface area contributed by atoms with Gasteiger partial charge in [0.05, 0.1) is 10.7 Å². The highest BCUT2D eigenvalue weighted by Crippen LogP contribution is 2.26. The fraction of sp³-hybridized carbons (Fsp3) is 0.278. The predicted octanol–water partition coefficient (Wildman–Crippen LogP) is 5.20. The van der Waals surface area contributed by atoms with E-state index in [-0.39, 0.29) is 11.3 Å². The number of hydrogen-bond donors (Lipinski definition) is 1. The minimum Gasteiger partial charge on any atom is -0.320 e. The highest BCUT2D eigenvalue weighted by atomic mass is 35.5. The molecule has 2 nitrogen and oxygen atoms in total. The fourth-order valence-electron chi connectivity index (χ4n) is 2.10. The topological polar surface area (TPSA) is 29.1 Å². The Morgan fingerprint density at radius 2 is 1.67 bits per heavy atom. The minimum atomic E-state index is -0.147. The van der Waals surface area contributed by atoms with Crippen LogP contribution in [0, 0.1) is 6.92 Å². The Bertz CT molecular complexity index is 634. The molecule has 0 aliphatic heterocycles. The minimum absolute atomic E-state index is 0.0777. The van der Waals surface area contributed by atoms with Crippen molar-refractivity contribution in [3.05, 3.63) is 64.2 Å². The Balaban J connectivity index is 2.21. The molecule has 1 amide bonds. The van der Waals surface area contributed by atoms with E-state index in [4.69, 9.17) is 11.6 Å². The van der Waals surface area contributed by atoms with E-state index in [0.717, 1.165) is 5.56 Å². The van der Waals surface area contributed by atoms with Crippen molar-refractivity contribution in [2.75, 3.05) is 5.32 Å². The maximum atomic E-state index is 12.3. The van der Waals surface area contributed by atoms with Gasteiger partial charge in [-0.1, -0.05) is 56.6 Å². The highest BCUT2D eigenvalue weighted by molar-refractivity contribution is 6.34. The second-order valence-electron chi connectivity index (χ2n) is 6.21. The smallest absolute Gasteiger partial charge is 0.255 e. The lowest BCUT2D eigenvalue weighted by molar-refractivity contribution is 0.102. The normalized spacial score (nSPS) is 11.3. The lowest BCUT2D eigenvalue weighted by Crippen LogP contribution is -2.15. The van der Waals surface area contributed by atoms with Crippen molar-refractivity contribution in [3.8, 4) is 0 Å². The van der Waals surface area contributed by atoms with E-state index >= 15 is 0 Å². The zero-order chi connectivity index (χ0) is 15.6. The van der Waals surface area contributed by atoms with Crippen LogP contribution in [0.3, 0.4) is 0 Å². The first-order chi connectivity index (χ1) is 9.79. The van der Waals surface area contributed by atoms with Gasteiger partial charge in [-0.3, -0.25) is 4.79 Å². The third-order valence-corrected chi connectivity index (χ3v) is 3.79. The van der Waals surface area contributed by atoms with Crippen LogP contribution < -0.4 is 5.32 Å². The summed E-state index contributed by atoms with van der Waals surface area (Å²) in [5.41, 5.74) is 3.52. The van der Waals surface area contributed by atoms with E-state index in [1.807, 2.05) is 43.3 Å². The largest absolute Gasteiger partial charge is 0.320 e. The lowest BCUT2D eigenvalue weighted by Gasteiger charge is -2.19. The zero-order valence-electron chi connectivity index (χ0n) is 12.8. The van der Waals surface area contributed by atoms with Gasteiger partial charge in [-0.05, 0) is 41.7 Å². The molecule has 0 spiro atoms. The summed E-state index contributed by atoms with van der Waals surface area (Å²) in [6.07, 6.45) is 0. The number of carbonyl (C=O) groups is 1. The third-order valence-electron chi connectivity index (χ3n) is 3.47. The summed E-state index contributed by atoms with van der Waals surface area (Å²) in [6.45, 7) is 8.36. The Hall–Kier alpha value is -1.80. The number of carbonyl (C=O) groups excluding carboxylic acids is 1. The van der Waals surface area contributed by atoms with Crippen LogP contribution in [0.1, 0.15) is 42.3 Å². The third kappa shape index (κ3) is 3.64. The monoisotopic (exact) mass is 301 g/mol. The van der Waals surface area contributed by atoms with E-state index in [1.54, 1.807) is 6.07 Å². The van der Waals surface area contributed by atoms with Crippen molar-refractivity contribution in [1.29, 1.82) is 0 Å². The number of anilines is 1. The molecule has 0 aliphatic rings. The molecule has 0 aliphatic carbocycles. The molecular formula is C18H20ClNO. The maximum absolute atomic E-state index is 12.3. The second kappa shape index (κ2) is 5.90. The maximum Gasteiger partial charge on any atom is 0.255 e. The summed E-state index contributed by atoms with van der Waals surface area (Å²) in [7, 11) is 0. The van der Waals surface area contributed by atoms with Crippen molar-refractivity contribution < 1.29 is 4.79 Å². The number of benzene rings is 2. The summed E-state index contributed by atoms with van der Waals surface area (Å²) < 4.78 is 0. The molecule has 0 aromatic heterocycles. The number of amides is 1. The first kappa shape index (κ1) is 15.6. The van der Waals surface area contributed by atoms with Crippen molar-refractivity contribution in [2.45, 2.75) is 33.1 Å². The molecule has 0 bridgehead atoms. The van der Waals surface area contributed by atoms with Gasteiger partial charge >= 0.3 is 0 Å². The summed E-state index contributed by atoms with van der Waals surface area (Å²) in [4.78, 5) is 12.3. The average Bonchev–Trinajstić information content (AvgIpc) is 2.42. The molecule has 2 aromatic rings. The number of aryl methyl sites for hydroxylation is 1. The van der Waals surface area contributed by atoms with Gasteiger partial charge < -0.3 is 5.32 Å². The van der Waals surface area contributed by atoms with Gasteiger partial charge in [-0.15, -0.1) is 0 Å². The zero-order valence-corrected chi connectivity index (χ0v) is 13.6. The van der Waals surface area contributed by atoms with Gasteiger partial charge in [0.15, 0.2) is 0 Å². The second-order valence-corrected chi connectivity index (χ2v) is 6.62. The van der Waals surface area contributed by atoms with Gasteiger partial charge in [0.1, 0.15) is 0 Å². The molecule has 2 rings (SSSR count). The molecule has 2 aromatic carbocycles. The molecule has 21 heavy (non-hydrogen) atoms. The molecule has 0 atom stereocenters. The molecule has 0 saturated heterocycles. The lowest BCUT2D eigenvalue weighted by atomic mass is 9.87. The van der Waals surface area contributed by atoms with Crippen molar-refractivity contribution in [1.82, 2.24) is 0 Å². The van der Waals surface area contributed by atoms with Crippen molar-refractivity contribution >= 4 is 23.2 Å². The summed E-state index contributed by atoms with van der Waals surface area (Å²) in [5.74, 6) is -0.147. The Morgan fingerprint density at radius 1 is 1.05 bits per heavy atom. The van der Waals surface area contributed by atoms with Crippen LogP contribution in [0.4, 0.5) is 5.69 Å². The SMILES string of the molecule is Cc1cccc(Cl)c1NC(=O)c1ccc(C(C)(C)C)cc1. The van der Waals surface area contributed by atoms with Crippen LogP contribution in [0.15, 0.2) is 42.5 Å². The highest BCUT2D eigenvalue weighted by Gasteiger charge is 2.15. The Kier molecular flexibility index (Phi) is 4.38. The van der Waals surface area contributed by atoms with Crippen LogP contribution in [0.25, 0.3) is 0 Å². The Morgan fingerprint density at radius 3 is 2.19 bits per heavy atom. The van der Waals surface area contributed by atoms with Gasteiger partial charge in [0, 0.05) is 5.56 Å². The van der Waals surface area contributed by atoms with Crippen LogP contribution in [0.5, 0.6) is 0 Å². The first-order valence-electron chi connectivity index (χ1n) is 6.96. The first-order valence-corrected chi connectivity index (χ1v) is 7.34. The summed E-state index contributed by atoms with van der Waals surface area (Å²) in [6, 6.07) is 13.2. The number of nitrogens with one attached hydrogen (secondary N) is 1. The fourth-order valence-corrected chi connectivity index (χ4v) is 2.37. The van der Waals surface area contributed by atoms with Crippen molar-refractivity contribution in [2.24, 2.45) is 0 Å². The predicted molar refractivity (Wildman–Crippen MR) is 89.3 cm³/mol. The average molecular weight is 302 g/mol. The van der Waals surface area contributed by atoms with Crippen LogP contribution in [-0.4, -0.2) is 5.91 Å². The van der Waals surface area contributed by atoms with Gasteiger partial charge in [0.2, 0.25) is 0 Å². The molecule has 0 saturated carbocycles. The number of rotatable bonds is 2.